The van der Waals surface area contributed by atoms with Crippen molar-refractivity contribution in [1.29, 1.82) is 0 Å². The van der Waals surface area contributed by atoms with Crippen LogP contribution in [-0.2, 0) is 20.0 Å². The van der Waals surface area contributed by atoms with E-state index in [4.69, 9.17) is 21.1 Å². The minimum absolute atomic E-state index is 0.0383. The molecule has 206 valence electrons. The summed E-state index contributed by atoms with van der Waals surface area (Å²) in [6.07, 6.45) is 1.93. The van der Waals surface area contributed by atoms with Gasteiger partial charge in [-0.1, -0.05) is 11.6 Å². The van der Waals surface area contributed by atoms with Gasteiger partial charge in [-0.25, -0.2) is 16.8 Å². The smallest absolute Gasteiger partial charge is 0.265 e. The van der Waals surface area contributed by atoms with E-state index in [-0.39, 0.29) is 38.2 Å². The molecule has 0 fully saturated rings. The molecule has 3 aromatic carbocycles. The average Bonchev–Trinajstić information content (AvgIpc) is 2.93. The highest BCUT2D eigenvalue weighted by Crippen LogP contribution is 2.35. The fourth-order valence-electron chi connectivity index (χ4n) is 3.72. The predicted molar refractivity (Wildman–Crippen MR) is 148 cm³/mol. The van der Waals surface area contributed by atoms with Crippen molar-refractivity contribution in [3.8, 4) is 11.5 Å². The van der Waals surface area contributed by atoms with Crippen LogP contribution in [0.1, 0.15) is 16.8 Å². The first-order valence-corrected chi connectivity index (χ1v) is 14.8. The molecule has 0 saturated carbocycles. The lowest BCUT2D eigenvalue weighted by molar-refractivity contribution is 0.102. The average molecular weight is 593 g/mol. The van der Waals surface area contributed by atoms with Gasteiger partial charge in [-0.05, 0) is 61.0 Å². The van der Waals surface area contributed by atoms with E-state index >= 15 is 0 Å². The Balaban J connectivity index is 1.63. The molecule has 2 N–H and O–H groups in total. The third-order valence-corrected chi connectivity index (χ3v) is 9.13. The number of carbonyl (C=O) groups is 1. The summed E-state index contributed by atoms with van der Waals surface area (Å²) in [6, 6.07) is 13.8. The lowest BCUT2D eigenvalue weighted by Gasteiger charge is -2.22. The maximum atomic E-state index is 13.3. The maximum absolute atomic E-state index is 13.3. The van der Waals surface area contributed by atoms with Gasteiger partial charge in [0.05, 0.1) is 41.6 Å². The second kappa shape index (κ2) is 11.5. The number of hydrogen-bond acceptors (Lipinski definition) is 8. The number of anilines is 2. The van der Waals surface area contributed by atoms with Crippen molar-refractivity contribution in [1.82, 2.24) is 4.31 Å². The van der Waals surface area contributed by atoms with Crippen molar-refractivity contribution in [2.45, 2.75) is 16.2 Å². The molecule has 1 heterocycles. The second-order valence-corrected chi connectivity index (χ2v) is 12.3. The number of rotatable bonds is 9. The Labute approximate surface area is 231 Å². The van der Waals surface area contributed by atoms with Crippen LogP contribution in [-0.4, -0.2) is 60.7 Å². The van der Waals surface area contributed by atoms with Crippen molar-refractivity contribution in [2.75, 3.05) is 37.3 Å². The number of carbonyl (C=O) groups excluding carboxylic acids is 1. The van der Waals surface area contributed by atoms with Gasteiger partial charge < -0.3 is 14.8 Å². The number of amides is 1. The maximum Gasteiger partial charge on any atom is 0.265 e. The van der Waals surface area contributed by atoms with Crippen LogP contribution in [0.15, 0.2) is 75.4 Å². The van der Waals surface area contributed by atoms with Crippen LogP contribution in [0, 0.1) is 0 Å². The van der Waals surface area contributed by atoms with Gasteiger partial charge in [-0.15, -0.1) is 0 Å². The normalized spacial score (nSPS) is 13.6. The van der Waals surface area contributed by atoms with Gasteiger partial charge in [0, 0.05) is 29.9 Å². The quantitative estimate of drug-likeness (QED) is 0.384. The molecule has 1 aliphatic rings. The molecule has 0 radical (unpaired) electrons. The van der Waals surface area contributed by atoms with Gasteiger partial charge in [0.15, 0.2) is 11.5 Å². The first-order valence-electron chi connectivity index (χ1n) is 11.5. The number of nitrogens with zero attached hydrogens (tertiary/aromatic N) is 2. The molecule has 0 unspecified atom stereocenters. The highest BCUT2D eigenvalue weighted by Gasteiger charge is 2.25. The van der Waals surface area contributed by atoms with E-state index in [1.54, 1.807) is 0 Å². The minimum atomic E-state index is -4.10. The van der Waals surface area contributed by atoms with Gasteiger partial charge in [-0.2, -0.15) is 0 Å². The lowest BCUT2D eigenvalue weighted by Crippen LogP contribution is -2.33. The molecule has 0 spiro atoms. The summed E-state index contributed by atoms with van der Waals surface area (Å²) >= 11 is 5.87. The number of methoxy groups -OCH3 is 2. The molecule has 0 aromatic heterocycles. The zero-order valence-corrected chi connectivity index (χ0v) is 23.3. The van der Waals surface area contributed by atoms with E-state index < -0.39 is 26.0 Å². The van der Waals surface area contributed by atoms with E-state index in [1.807, 2.05) is 0 Å². The van der Waals surface area contributed by atoms with Gasteiger partial charge >= 0.3 is 0 Å². The first kappa shape index (κ1) is 28.2. The van der Waals surface area contributed by atoms with Crippen molar-refractivity contribution in [3.63, 3.8) is 0 Å². The monoisotopic (exact) mass is 592 g/mol. The Bertz CT molecular complexity index is 1610. The van der Waals surface area contributed by atoms with E-state index in [1.165, 1.54) is 85.5 Å². The predicted octanol–water partition coefficient (Wildman–Crippen LogP) is 3.83. The number of sulfonamides is 2. The van der Waals surface area contributed by atoms with Crippen molar-refractivity contribution < 1.29 is 31.1 Å². The molecule has 11 nitrogen and oxygen atoms in total. The Morgan fingerprint density at radius 2 is 1.54 bits per heavy atom. The highest BCUT2D eigenvalue weighted by molar-refractivity contribution is 7.92. The zero-order valence-electron chi connectivity index (χ0n) is 20.9. The molecule has 39 heavy (non-hydrogen) atoms. The summed E-state index contributed by atoms with van der Waals surface area (Å²) < 4.78 is 65.9. The summed E-state index contributed by atoms with van der Waals surface area (Å²) in [7, 11) is -5.13. The third-order valence-electron chi connectivity index (χ3n) is 5.73. The van der Waals surface area contributed by atoms with Gasteiger partial charge in [0.1, 0.15) is 0 Å². The summed E-state index contributed by atoms with van der Waals surface area (Å²) in [5.41, 5.74) is 0.155. The molecule has 0 bridgehead atoms. The molecule has 4 rings (SSSR count). The van der Waals surface area contributed by atoms with Crippen molar-refractivity contribution in [3.05, 3.63) is 71.2 Å². The van der Waals surface area contributed by atoms with Crippen LogP contribution in [0.2, 0.25) is 5.02 Å². The van der Waals surface area contributed by atoms with Gasteiger partial charge in [-0.3, -0.25) is 18.8 Å². The third kappa shape index (κ3) is 6.27. The first-order chi connectivity index (χ1) is 18.5. The van der Waals surface area contributed by atoms with Crippen LogP contribution < -0.4 is 19.5 Å². The van der Waals surface area contributed by atoms with E-state index in [9.17, 15) is 21.6 Å². The fraction of sp³-hybridized carbons (Fsp3) is 0.200. The SMILES string of the molecule is COc1cc(NS(=O)(=O)c2ccc(Cl)cc2)c(C(=O)Nc2ccc(S(=O)(=O)N3C=NCCC3)cc2)cc1OC. The van der Waals surface area contributed by atoms with Crippen LogP contribution in [0.5, 0.6) is 11.5 Å². The molecule has 0 atom stereocenters. The number of aliphatic imine (C=N–C) groups is 1. The molecule has 14 heteroatoms. The zero-order chi connectivity index (χ0) is 28.2. The molecular formula is C25H25ClN4O7S2. The number of ether oxygens (including phenoxy) is 2. The molecular weight excluding hydrogens is 568 g/mol. The van der Waals surface area contributed by atoms with Crippen LogP contribution in [0.25, 0.3) is 0 Å². The van der Waals surface area contributed by atoms with Gasteiger partial charge in [0.2, 0.25) is 0 Å². The van der Waals surface area contributed by atoms with Crippen molar-refractivity contribution >= 4 is 55.3 Å². The number of halogens is 1. The Morgan fingerprint density at radius 1 is 0.923 bits per heavy atom. The summed E-state index contributed by atoms with van der Waals surface area (Å²) in [4.78, 5) is 17.3. The molecule has 3 aromatic rings. The van der Waals surface area contributed by atoms with Crippen LogP contribution in [0.4, 0.5) is 11.4 Å². The Kier molecular flexibility index (Phi) is 8.33. The topological polar surface area (TPSA) is 143 Å². The fourth-order valence-corrected chi connectivity index (χ4v) is 6.23. The standard InChI is InChI=1S/C25H25ClN4O7S2/c1-36-23-14-21(22(15-24(23)37-2)29-38(32,33)19-8-4-17(26)5-9-19)25(31)28-18-6-10-20(11-7-18)39(34,35)30-13-3-12-27-16-30/h4-11,14-16,29H,3,12-13H2,1-2H3,(H,28,31). The summed E-state index contributed by atoms with van der Waals surface area (Å²) in [5.74, 6) is -0.288. The Morgan fingerprint density at radius 3 is 2.13 bits per heavy atom. The number of hydrogen-bond donors (Lipinski definition) is 2. The van der Waals surface area contributed by atoms with E-state index in [2.05, 4.69) is 15.0 Å². The number of benzene rings is 3. The second-order valence-electron chi connectivity index (χ2n) is 8.28. The van der Waals surface area contributed by atoms with Gasteiger partial charge in [0.25, 0.3) is 26.0 Å². The van der Waals surface area contributed by atoms with E-state index in [0.717, 1.165) is 0 Å². The largest absolute Gasteiger partial charge is 0.493 e. The van der Waals surface area contributed by atoms with E-state index in [0.29, 0.717) is 24.5 Å². The number of nitrogens with one attached hydrogen (secondary N) is 2. The summed E-state index contributed by atoms with van der Waals surface area (Å²) in [6.45, 7) is 0.906. The van der Waals surface area contributed by atoms with Crippen LogP contribution >= 0.6 is 11.6 Å². The minimum Gasteiger partial charge on any atom is -0.493 e. The highest BCUT2D eigenvalue weighted by atomic mass is 35.5. The Hall–Kier alpha value is -3.81. The molecule has 0 aliphatic carbocycles. The van der Waals surface area contributed by atoms with Crippen molar-refractivity contribution in [2.24, 2.45) is 4.99 Å². The molecule has 1 aliphatic heterocycles. The summed E-state index contributed by atoms with van der Waals surface area (Å²) in [5, 5.41) is 3.02. The lowest BCUT2D eigenvalue weighted by atomic mass is 10.1. The van der Waals surface area contributed by atoms with Crippen LogP contribution in [0.3, 0.4) is 0 Å². The molecule has 0 saturated heterocycles. The molecule has 1 amide bonds.